The monoisotopic (exact) mass is 836 g/mol. The number of phenols is 1. The van der Waals surface area contributed by atoms with Crippen LogP contribution in [0.25, 0.3) is 22.1 Å². The Morgan fingerprint density at radius 2 is 1.10 bits per heavy atom. The molecule has 2 aliphatic carbocycles. The lowest BCUT2D eigenvalue weighted by Gasteiger charge is -2.34. The molecule has 324 valence electrons. The van der Waals surface area contributed by atoms with Crippen molar-refractivity contribution < 1.29 is 15.0 Å². The van der Waals surface area contributed by atoms with Crippen molar-refractivity contribution in [2.24, 2.45) is 11.5 Å². The van der Waals surface area contributed by atoms with Gasteiger partial charge >= 0.3 is 5.97 Å². The van der Waals surface area contributed by atoms with E-state index in [1.165, 1.54) is 59.6 Å². The standard InChI is InChI=1S/2C21H27N5.C7H6O3/c2*22-12-3-4-14-26(15-20-24-17-9-1-2-10-18(17)25-20)19-11-5-7-16-8-6-13-23-21(16)19;8-6-3-1-5(2-4-6)7(9)10/h2*1-2,6,8-10,13,19H,3-5,7,11-12,14-15,22H2,(H,24,25);1-4,8H,(H,9,10)/t2*19-;/m00./s1. The molecule has 9 rings (SSSR count). The number of nitrogens with zero attached hydrogens (tertiary/aromatic N) is 6. The number of aryl methyl sites for hydroxylation is 2. The largest absolute Gasteiger partial charge is 0.508 e. The number of hydrogen-bond acceptors (Lipinski definition) is 10. The number of phenolic OH excluding ortho intramolecular Hbond substituents is 1. The normalized spacial score (nSPS) is 15.7. The second-order valence-corrected chi connectivity index (χ2v) is 16.1. The first-order valence-corrected chi connectivity index (χ1v) is 22.1. The van der Waals surface area contributed by atoms with E-state index >= 15 is 0 Å². The Kier molecular flexibility index (Phi) is 15.8. The zero-order valence-electron chi connectivity index (χ0n) is 35.5. The van der Waals surface area contributed by atoms with E-state index in [-0.39, 0.29) is 11.3 Å². The van der Waals surface area contributed by atoms with Gasteiger partial charge in [0.2, 0.25) is 0 Å². The Labute approximate surface area is 363 Å². The first-order chi connectivity index (χ1) is 30.4. The van der Waals surface area contributed by atoms with Crippen LogP contribution in [0.2, 0.25) is 0 Å². The summed E-state index contributed by atoms with van der Waals surface area (Å²) >= 11 is 0. The fraction of sp³-hybridized carbons (Fsp3) is 0.367. The second-order valence-electron chi connectivity index (χ2n) is 16.1. The summed E-state index contributed by atoms with van der Waals surface area (Å²) in [4.78, 5) is 41.3. The van der Waals surface area contributed by atoms with Crippen LogP contribution in [-0.2, 0) is 25.9 Å². The molecule has 0 spiro atoms. The van der Waals surface area contributed by atoms with Gasteiger partial charge in [0.1, 0.15) is 17.4 Å². The van der Waals surface area contributed by atoms with Crippen LogP contribution in [0.15, 0.2) is 109 Å². The topological polar surface area (TPSA) is 199 Å². The molecule has 0 bridgehead atoms. The number of H-pyrrole nitrogens is 2. The predicted molar refractivity (Wildman–Crippen MR) is 244 cm³/mol. The van der Waals surface area contributed by atoms with Gasteiger partial charge < -0.3 is 31.6 Å². The molecule has 7 aromatic rings. The maximum absolute atomic E-state index is 10.2. The second kappa shape index (κ2) is 22.2. The Balaban J connectivity index is 0.000000153. The summed E-state index contributed by atoms with van der Waals surface area (Å²) in [6.07, 6.45) is 15.2. The van der Waals surface area contributed by atoms with E-state index in [2.05, 4.69) is 68.3 Å². The van der Waals surface area contributed by atoms with E-state index in [1.54, 1.807) is 0 Å². The molecule has 4 heterocycles. The van der Waals surface area contributed by atoms with Gasteiger partial charge in [0.15, 0.2) is 0 Å². The van der Waals surface area contributed by atoms with E-state index in [0.717, 1.165) is 124 Å². The van der Waals surface area contributed by atoms with Gasteiger partial charge in [-0.2, -0.15) is 0 Å². The molecule has 0 saturated carbocycles. The first kappa shape index (κ1) is 44.1. The fourth-order valence-electron chi connectivity index (χ4n) is 8.64. The summed E-state index contributed by atoms with van der Waals surface area (Å²) < 4.78 is 0. The zero-order chi connectivity index (χ0) is 43.1. The number of aromatic amines is 2. The third-order valence-corrected chi connectivity index (χ3v) is 11.7. The average Bonchev–Trinajstić information content (AvgIpc) is 3.92. The number of aromatic nitrogens is 6. The van der Waals surface area contributed by atoms with Crippen molar-refractivity contribution in [1.29, 1.82) is 0 Å². The number of carboxylic acids is 1. The van der Waals surface area contributed by atoms with Gasteiger partial charge in [0, 0.05) is 12.4 Å². The predicted octanol–water partition coefficient (Wildman–Crippen LogP) is 8.24. The third kappa shape index (κ3) is 11.7. The SMILES string of the molecule is NCCCCN(Cc1nc2ccccc2[nH]1)[C@H]1CCCc2cccnc21.NCCCCN(Cc1nc2ccccc2[nH]1)[C@H]1CCCc2cccnc21.O=C(O)c1ccc(O)cc1. The van der Waals surface area contributed by atoms with Crippen molar-refractivity contribution in [2.45, 2.75) is 89.4 Å². The number of carbonyl (C=O) groups is 1. The zero-order valence-corrected chi connectivity index (χ0v) is 35.5. The average molecular weight is 837 g/mol. The van der Waals surface area contributed by atoms with E-state index in [9.17, 15) is 4.79 Å². The number of imidazole rings is 2. The molecule has 0 radical (unpaired) electrons. The molecule has 3 aromatic carbocycles. The highest BCUT2D eigenvalue weighted by molar-refractivity contribution is 5.87. The van der Waals surface area contributed by atoms with Crippen LogP contribution in [0.3, 0.4) is 0 Å². The van der Waals surface area contributed by atoms with Gasteiger partial charge in [-0.15, -0.1) is 0 Å². The summed E-state index contributed by atoms with van der Waals surface area (Å²) in [5.41, 5.74) is 21.2. The quantitative estimate of drug-likeness (QED) is 0.0544. The molecule has 2 atom stereocenters. The van der Waals surface area contributed by atoms with Gasteiger partial charge in [-0.3, -0.25) is 19.8 Å². The number of nitrogens with one attached hydrogen (secondary N) is 2. The smallest absolute Gasteiger partial charge is 0.335 e. The van der Waals surface area contributed by atoms with Crippen LogP contribution < -0.4 is 11.5 Å². The van der Waals surface area contributed by atoms with Crippen molar-refractivity contribution in [3.8, 4) is 5.75 Å². The number of aromatic hydroxyl groups is 1. The molecule has 0 aliphatic heterocycles. The maximum Gasteiger partial charge on any atom is 0.335 e. The minimum atomic E-state index is -0.986. The number of fused-ring (bicyclic) bond motifs is 4. The van der Waals surface area contributed by atoms with E-state index in [0.29, 0.717) is 12.1 Å². The molecular weight excluding hydrogens is 777 g/mol. The molecule has 0 unspecified atom stereocenters. The molecule has 8 N–H and O–H groups in total. The van der Waals surface area contributed by atoms with Crippen molar-refractivity contribution in [2.75, 3.05) is 26.2 Å². The first-order valence-electron chi connectivity index (χ1n) is 22.1. The Hall–Kier alpha value is -5.99. The summed E-state index contributed by atoms with van der Waals surface area (Å²) in [5.74, 6) is 1.15. The lowest BCUT2D eigenvalue weighted by Crippen LogP contribution is -2.33. The van der Waals surface area contributed by atoms with Gasteiger partial charge in [-0.25, -0.2) is 14.8 Å². The van der Waals surface area contributed by atoms with Crippen molar-refractivity contribution >= 4 is 28.0 Å². The number of aromatic carboxylic acids is 1. The van der Waals surface area contributed by atoms with Crippen LogP contribution in [0.1, 0.15) is 108 Å². The molecular formula is C49H60N10O3. The molecule has 2 aliphatic rings. The number of para-hydroxylation sites is 4. The van der Waals surface area contributed by atoms with E-state index in [4.69, 9.17) is 41.6 Å². The van der Waals surface area contributed by atoms with E-state index in [1.807, 2.05) is 36.7 Å². The van der Waals surface area contributed by atoms with Crippen molar-refractivity contribution in [3.05, 3.63) is 149 Å². The lowest BCUT2D eigenvalue weighted by molar-refractivity contribution is 0.0697. The molecule has 0 saturated heterocycles. The van der Waals surface area contributed by atoms with Gasteiger partial charge in [-0.1, -0.05) is 36.4 Å². The summed E-state index contributed by atoms with van der Waals surface area (Å²) in [5, 5.41) is 17.1. The minimum Gasteiger partial charge on any atom is -0.508 e. The minimum absolute atomic E-state index is 0.0741. The highest BCUT2D eigenvalue weighted by Gasteiger charge is 2.29. The van der Waals surface area contributed by atoms with E-state index < -0.39 is 5.97 Å². The van der Waals surface area contributed by atoms with Gasteiger partial charge in [0.25, 0.3) is 0 Å². The van der Waals surface area contributed by atoms with Crippen LogP contribution >= 0.6 is 0 Å². The number of pyridine rings is 2. The number of hydrogen-bond donors (Lipinski definition) is 6. The Morgan fingerprint density at radius 1 is 0.629 bits per heavy atom. The molecule has 0 amide bonds. The highest BCUT2D eigenvalue weighted by Crippen LogP contribution is 2.35. The molecule has 0 fully saturated rings. The van der Waals surface area contributed by atoms with Gasteiger partial charge in [0.05, 0.1) is 64.2 Å². The van der Waals surface area contributed by atoms with Crippen molar-refractivity contribution in [1.82, 2.24) is 39.7 Å². The van der Waals surface area contributed by atoms with Crippen LogP contribution in [0, 0.1) is 0 Å². The number of carboxylic acid groups (broad SMARTS) is 1. The molecule has 13 heteroatoms. The molecule has 4 aromatic heterocycles. The summed E-state index contributed by atoms with van der Waals surface area (Å²) in [6, 6.07) is 31.1. The van der Waals surface area contributed by atoms with Crippen molar-refractivity contribution in [3.63, 3.8) is 0 Å². The Morgan fingerprint density at radius 3 is 1.53 bits per heavy atom. The maximum atomic E-state index is 10.2. The van der Waals surface area contributed by atoms with Crippen LogP contribution in [0.4, 0.5) is 0 Å². The summed E-state index contributed by atoms with van der Waals surface area (Å²) in [6.45, 7) is 5.18. The fourth-order valence-corrected chi connectivity index (χ4v) is 8.64. The number of nitrogens with two attached hydrogens (primary N) is 2. The van der Waals surface area contributed by atoms with Crippen LogP contribution in [-0.4, -0.2) is 82.1 Å². The number of unbranched alkanes of at least 4 members (excludes halogenated alkanes) is 2. The molecule has 13 nitrogen and oxygen atoms in total. The number of benzene rings is 3. The highest BCUT2D eigenvalue weighted by atomic mass is 16.4. The molecule has 62 heavy (non-hydrogen) atoms. The summed E-state index contributed by atoms with van der Waals surface area (Å²) in [7, 11) is 0. The lowest BCUT2D eigenvalue weighted by atomic mass is 9.90. The third-order valence-electron chi connectivity index (χ3n) is 11.7. The van der Waals surface area contributed by atoms with Crippen LogP contribution in [0.5, 0.6) is 5.75 Å². The van der Waals surface area contributed by atoms with Gasteiger partial charge in [-0.05, 0) is 162 Å². The number of rotatable bonds is 15. The Bertz CT molecular complexity index is 2260.